The second-order valence-corrected chi connectivity index (χ2v) is 8.10. The number of hydrogen-bond acceptors (Lipinski definition) is 5. The summed E-state index contributed by atoms with van der Waals surface area (Å²) >= 11 is 1.11. The van der Waals surface area contributed by atoms with Gasteiger partial charge in [-0.25, -0.2) is 13.1 Å². The molecule has 3 N–H and O–H groups in total. The van der Waals surface area contributed by atoms with Gasteiger partial charge in [0.1, 0.15) is 4.21 Å². The van der Waals surface area contributed by atoms with Crippen LogP contribution in [0.2, 0.25) is 0 Å². The van der Waals surface area contributed by atoms with Crippen molar-refractivity contribution in [2.24, 2.45) is 5.73 Å². The van der Waals surface area contributed by atoms with Gasteiger partial charge >= 0.3 is 0 Å². The highest BCUT2D eigenvalue weighted by atomic mass is 32.2. The summed E-state index contributed by atoms with van der Waals surface area (Å²) in [5, 5.41) is 1.68. The van der Waals surface area contributed by atoms with Crippen molar-refractivity contribution < 1.29 is 13.2 Å². The van der Waals surface area contributed by atoms with Gasteiger partial charge in [-0.2, -0.15) is 0 Å². The molecule has 1 aromatic carbocycles. The van der Waals surface area contributed by atoms with Crippen LogP contribution in [0.4, 0.5) is 0 Å². The van der Waals surface area contributed by atoms with Gasteiger partial charge in [-0.1, -0.05) is 36.4 Å². The van der Waals surface area contributed by atoms with Crippen LogP contribution in [-0.2, 0) is 21.2 Å². The van der Waals surface area contributed by atoms with Crippen LogP contribution in [0.25, 0.3) is 0 Å². The van der Waals surface area contributed by atoms with Gasteiger partial charge in [0, 0.05) is 19.6 Å². The lowest BCUT2D eigenvalue weighted by Crippen LogP contribution is -2.43. The van der Waals surface area contributed by atoms with Crippen LogP contribution < -0.4 is 10.5 Å². The Morgan fingerprint density at radius 2 is 1.88 bits per heavy atom. The minimum absolute atomic E-state index is 0.199. The van der Waals surface area contributed by atoms with E-state index in [1.165, 1.54) is 6.07 Å². The molecule has 2 aromatic rings. The molecule has 0 aliphatic carbocycles. The van der Waals surface area contributed by atoms with Crippen molar-refractivity contribution in [3.8, 4) is 0 Å². The molecule has 24 heavy (non-hydrogen) atoms. The van der Waals surface area contributed by atoms with E-state index in [0.717, 1.165) is 16.9 Å². The molecule has 0 bridgehead atoms. The van der Waals surface area contributed by atoms with Gasteiger partial charge in [-0.15, -0.1) is 11.3 Å². The average molecular weight is 367 g/mol. The van der Waals surface area contributed by atoms with Crippen molar-refractivity contribution in [3.63, 3.8) is 0 Å². The summed E-state index contributed by atoms with van der Waals surface area (Å²) in [5.41, 5.74) is 6.68. The molecule has 6 nitrogen and oxygen atoms in total. The average Bonchev–Trinajstić information content (AvgIpc) is 3.13. The molecule has 0 saturated heterocycles. The van der Waals surface area contributed by atoms with Gasteiger partial charge in [0.2, 0.25) is 5.91 Å². The molecule has 0 unspecified atom stereocenters. The molecular formula is C16H21N3O3S2. The molecular weight excluding hydrogens is 346 g/mol. The Labute approximate surface area is 146 Å². The number of nitrogens with one attached hydrogen (secondary N) is 1. The van der Waals surface area contributed by atoms with Crippen LogP contribution in [-0.4, -0.2) is 45.4 Å². The minimum Gasteiger partial charge on any atom is -0.340 e. The summed E-state index contributed by atoms with van der Waals surface area (Å²) < 4.78 is 26.7. The van der Waals surface area contributed by atoms with E-state index in [2.05, 4.69) is 4.72 Å². The number of rotatable bonds is 9. The predicted molar refractivity (Wildman–Crippen MR) is 95.3 cm³/mol. The highest BCUT2D eigenvalue weighted by Crippen LogP contribution is 2.15. The third-order valence-electron chi connectivity index (χ3n) is 3.44. The molecule has 1 aromatic heterocycles. The lowest BCUT2D eigenvalue weighted by Gasteiger charge is -2.22. The SMILES string of the molecule is NCCN(CCc1ccccc1)C(=O)CNS(=O)(=O)c1cccs1. The molecule has 1 amide bonds. The number of sulfonamides is 1. The second-order valence-electron chi connectivity index (χ2n) is 5.16. The van der Waals surface area contributed by atoms with Crippen LogP contribution in [0.15, 0.2) is 52.1 Å². The molecule has 0 spiro atoms. The van der Waals surface area contributed by atoms with E-state index in [-0.39, 0.29) is 16.7 Å². The maximum absolute atomic E-state index is 12.3. The lowest BCUT2D eigenvalue weighted by atomic mass is 10.1. The lowest BCUT2D eigenvalue weighted by molar-refractivity contribution is -0.129. The van der Waals surface area contributed by atoms with Gasteiger partial charge < -0.3 is 10.6 Å². The third-order valence-corrected chi connectivity index (χ3v) is 6.24. The Hall–Kier alpha value is -1.74. The summed E-state index contributed by atoms with van der Waals surface area (Å²) in [6.45, 7) is 0.959. The van der Waals surface area contributed by atoms with E-state index in [1.54, 1.807) is 16.3 Å². The van der Waals surface area contributed by atoms with Crippen molar-refractivity contribution >= 4 is 27.3 Å². The smallest absolute Gasteiger partial charge is 0.250 e. The van der Waals surface area contributed by atoms with Crippen molar-refractivity contribution in [2.45, 2.75) is 10.6 Å². The summed E-state index contributed by atoms with van der Waals surface area (Å²) in [6, 6.07) is 13.0. The molecule has 0 fully saturated rings. The zero-order valence-corrected chi connectivity index (χ0v) is 14.9. The first-order valence-electron chi connectivity index (χ1n) is 7.58. The highest BCUT2D eigenvalue weighted by Gasteiger charge is 2.19. The number of amides is 1. The Kier molecular flexibility index (Phi) is 6.92. The van der Waals surface area contributed by atoms with E-state index in [4.69, 9.17) is 5.73 Å². The normalized spacial score (nSPS) is 11.4. The van der Waals surface area contributed by atoms with Crippen molar-refractivity contribution in [2.75, 3.05) is 26.2 Å². The van der Waals surface area contributed by atoms with E-state index in [9.17, 15) is 13.2 Å². The molecule has 0 aliphatic rings. The number of hydrogen-bond donors (Lipinski definition) is 2. The standard InChI is InChI=1S/C16H21N3O3S2/c17-9-11-19(10-8-14-5-2-1-3-6-14)15(20)13-18-24(21,22)16-7-4-12-23-16/h1-7,12,18H,8-11,13,17H2. The molecule has 130 valence electrons. The number of carbonyl (C=O) groups excluding carboxylic acids is 1. The summed E-state index contributed by atoms with van der Waals surface area (Å²) in [5.74, 6) is -0.281. The van der Waals surface area contributed by atoms with Crippen LogP contribution in [0.5, 0.6) is 0 Å². The first-order chi connectivity index (χ1) is 11.5. The fraction of sp³-hybridized carbons (Fsp3) is 0.312. The largest absolute Gasteiger partial charge is 0.340 e. The van der Waals surface area contributed by atoms with Gasteiger partial charge in [0.05, 0.1) is 6.54 Å². The maximum Gasteiger partial charge on any atom is 0.250 e. The van der Waals surface area contributed by atoms with E-state index in [0.29, 0.717) is 26.1 Å². The van der Waals surface area contributed by atoms with E-state index < -0.39 is 10.0 Å². The Balaban J connectivity index is 1.91. The first-order valence-corrected chi connectivity index (χ1v) is 9.94. The predicted octanol–water partition coefficient (Wildman–Crippen LogP) is 1.06. The zero-order valence-electron chi connectivity index (χ0n) is 13.2. The van der Waals surface area contributed by atoms with E-state index in [1.807, 2.05) is 30.3 Å². The molecule has 0 aliphatic heterocycles. The second kappa shape index (κ2) is 8.93. The molecule has 2 rings (SSSR count). The number of thiophene rings is 1. The van der Waals surface area contributed by atoms with Gasteiger partial charge in [0.15, 0.2) is 0 Å². The maximum atomic E-state index is 12.3. The minimum atomic E-state index is -3.64. The van der Waals surface area contributed by atoms with Crippen LogP contribution in [0.3, 0.4) is 0 Å². The fourth-order valence-electron chi connectivity index (χ4n) is 2.18. The van der Waals surface area contributed by atoms with Crippen molar-refractivity contribution in [3.05, 3.63) is 53.4 Å². The first kappa shape index (κ1) is 18.6. The van der Waals surface area contributed by atoms with Crippen LogP contribution in [0, 0.1) is 0 Å². The number of nitrogens with zero attached hydrogens (tertiary/aromatic N) is 1. The molecule has 0 atom stereocenters. The van der Waals surface area contributed by atoms with Crippen LogP contribution >= 0.6 is 11.3 Å². The number of nitrogens with two attached hydrogens (primary N) is 1. The Bertz CT molecular complexity index is 731. The Morgan fingerprint density at radius 3 is 2.50 bits per heavy atom. The summed E-state index contributed by atoms with van der Waals surface area (Å²) in [6.07, 6.45) is 0.699. The van der Waals surface area contributed by atoms with Gasteiger partial charge in [0.25, 0.3) is 10.0 Å². The van der Waals surface area contributed by atoms with Gasteiger partial charge in [-0.05, 0) is 23.4 Å². The molecule has 1 heterocycles. The summed E-state index contributed by atoms with van der Waals surface area (Å²) in [7, 11) is -3.64. The van der Waals surface area contributed by atoms with Gasteiger partial charge in [-0.3, -0.25) is 4.79 Å². The molecule has 8 heteroatoms. The monoisotopic (exact) mass is 367 g/mol. The number of carbonyl (C=O) groups is 1. The van der Waals surface area contributed by atoms with Crippen LogP contribution in [0.1, 0.15) is 5.56 Å². The quantitative estimate of drug-likeness (QED) is 0.693. The number of benzene rings is 1. The fourth-order valence-corrected chi connectivity index (χ4v) is 4.19. The molecule has 0 radical (unpaired) electrons. The molecule has 0 saturated carbocycles. The Morgan fingerprint density at radius 1 is 1.12 bits per heavy atom. The zero-order chi connectivity index (χ0) is 17.4. The van der Waals surface area contributed by atoms with Crippen molar-refractivity contribution in [1.82, 2.24) is 9.62 Å². The topological polar surface area (TPSA) is 92.5 Å². The van der Waals surface area contributed by atoms with E-state index >= 15 is 0 Å². The third kappa shape index (κ3) is 5.41. The van der Waals surface area contributed by atoms with Crippen molar-refractivity contribution in [1.29, 1.82) is 0 Å². The highest BCUT2D eigenvalue weighted by molar-refractivity contribution is 7.91. The summed E-state index contributed by atoms with van der Waals surface area (Å²) in [4.78, 5) is 13.9.